The molecule has 0 saturated heterocycles. The van der Waals surface area contributed by atoms with Gasteiger partial charge in [-0.25, -0.2) is 0 Å². The molecule has 0 radical (unpaired) electrons. The fourth-order valence-electron chi connectivity index (χ4n) is 4.37. The largest absolute Gasteiger partial charge is 0.504 e. The molecule has 1 fully saturated rings. The lowest BCUT2D eigenvalue weighted by molar-refractivity contribution is -0.124. The standard InChI is InChI=1S/C16H20O3/c1-9-7-10-3-6-13(18)15(19)14(10)16(2)8-11(17)4-5-12(9)16/h3,6,9,12,18-19H,4-5,7-8H2,1-2H3/t9-,12?,16?/m1/s1. The average Bonchev–Trinajstić information content (AvgIpc) is 2.32. The highest BCUT2D eigenvalue weighted by atomic mass is 16.3. The summed E-state index contributed by atoms with van der Waals surface area (Å²) < 4.78 is 0. The minimum absolute atomic E-state index is 0.0217. The number of carbonyl (C=O) groups is 1. The Morgan fingerprint density at radius 3 is 2.79 bits per heavy atom. The molecule has 0 spiro atoms. The summed E-state index contributed by atoms with van der Waals surface area (Å²) in [6.07, 6.45) is 2.94. The van der Waals surface area contributed by atoms with Crippen molar-refractivity contribution in [3.05, 3.63) is 23.3 Å². The highest BCUT2D eigenvalue weighted by molar-refractivity contribution is 5.81. The number of aromatic hydroxyl groups is 2. The Kier molecular flexibility index (Phi) is 2.63. The third-order valence-electron chi connectivity index (χ3n) is 5.16. The van der Waals surface area contributed by atoms with E-state index < -0.39 is 0 Å². The molecular weight excluding hydrogens is 240 g/mol. The molecule has 0 aliphatic heterocycles. The van der Waals surface area contributed by atoms with Crippen molar-refractivity contribution in [1.82, 2.24) is 0 Å². The summed E-state index contributed by atoms with van der Waals surface area (Å²) >= 11 is 0. The fraction of sp³-hybridized carbons (Fsp3) is 0.562. The van der Waals surface area contributed by atoms with Gasteiger partial charge in [-0.15, -0.1) is 0 Å². The van der Waals surface area contributed by atoms with Crippen LogP contribution in [0.4, 0.5) is 0 Å². The monoisotopic (exact) mass is 260 g/mol. The number of fused-ring (bicyclic) bond motifs is 3. The third kappa shape index (κ3) is 1.67. The number of Topliss-reactive ketones (excluding diaryl/α,β-unsaturated/α-hetero) is 1. The molecule has 3 rings (SSSR count). The van der Waals surface area contributed by atoms with Gasteiger partial charge in [-0.3, -0.25) is 4.79 Å². The minimum atomic E-state index is -0.328. The Morgan fingerprint density at radius 2 is 2.05 bits per heavy atom. The summed E-state index contributed by atoms with van der Waals surface area (Å²) in [5.41, 5.74) is 1.56. The van der Waals surface area contributed by atoms with Crippen LogP contribution in [0, 0.1) is 11.8 Å². The van der Waals surface area contributed by atoms with E-state index in [1.165, 1.54) is 0 Å². The summed E-state index contributed by atoms with van der Waals surface area (Å²) in [5.74, 6) is 1.08. The molecule has 19 heavy (non-hydrogen) atoms. The molecule has 0 aromatic heterocycles. The number of hydrogen-bond donors (Lipinski definition) is 2. The second-order valence-corrected chi connectivity index (χ2v) is 6.43. The lowest BCUT2D eigenvalue weighted by Gasteiger charge is -2.49. The van der Waals surface area contributed by atoms with Crippen molar-refractivity contribution in [2.24, 2.45) is 11.8 Å². The summed E-state index contributed by atoms with van der Waals surface area (Å²) in [6, 6.07) is 3.44. The van der Waals surface area contributed by atoms with Crippen molar-refractivity contribution in [1.29, 1.82) is 0 Å². The summed E-state index contributed by atoms with van der Waals surface area (Å²) in [4.78, 5) is 11.9. The maximum Gasteiger partial charge on any atom is 0.161 e. The maximum absolute atomic E-state index is 11.9. The van der Waals surface area contributed by atoms with Crippen molar-refractivity contribution in [2.75, 3.05) is 0 Å². The van der Waals surface area contributed by atoms with Gasteiger partial charge in [0.15, 0.2) is 11.5 Å². The lowest BCUT2D eigenvalue weighted by atomic mass is 9.54. The number of carbonyl (C=O) groups excluding carboxylic acids is 1. The van der Waals surface area contributed by atoms with Gasteiger partial charge < -0.3 is 10.2 Å². The van der Waals surface area contributed by atoms with Crippen LogP contribution in [-0.2, 0) is 16.6 Å². The van der Waals surface area contributed by atoms with Crippen LogP contribution >= 0.6 is 0 Å². The van der Waals surface area contributed by atoms with Crippen LogP contribution in [0.1, 0.15) is 44.2 Å². The molecule has 3 heteroatoms. The maximum atomic E-state index is 11.9. The van der Waals surface area contributed by atoms with Gasteiger partial charge in [0.25, 0.3) is 0 Å². The predicted octanol–water partition coefficient (Wildman–Crippen LogP) is 2.92. The molecule has 3 atom stereocenters. The van der Waals surface area contributed by atoms with E-state index in [1.54, 1.807) is 6.07 Å². The number of hydrogen-bond acceptors (Lipinski definition) is 3. The van der Waals surface area contributed by atoms with Crippen LogP contribution in [-0.4, -0.2) is 16.0 Å². The quantitative estimate of drug-likeness (QED) is 0.705. The van der Waals surface area contributed by atoms with Gasteiger partial charge >= 0.3 is 0 Å². The van der Waals surface area contributed by atoms with Crippen LogP contribution in [0.25, 0.3) is 0 Å². The van der Waals surface area contributed by atoms with E-state index in [4.69, 9.17) is 0 Å². The number of phenols is 2. The molecule has 102 valence electrons. The van der Waals surface area contributed by atoms with Gasteiger partial charge in [-0.05, 0) is 36.3 Å². The van der Waals surface area contributed by atoms with Gasteiger partial charge in [0.2, 0.25) is 0 Å². The molecule has 2 N–H and O–H groups in total. The molecule has 0 amide bonds. The highest BCUT2D eigenvalue weighted by Gasteiger charge is 2.49. The molecule has 1 aromatic carbocycles. The van der Waals surface area contributed by atoms with E-state index in [-0.39, 0.29) is 22.7 Å². The van der Waals surface area contributed by atoms with E-state index in [2.05, 4.69) is 13.8 Å². The number of rotatable bonds is 0. The normalized spacial score (nSPS) is 33.7. The Morgan fingerprint density at radius 1 is 1.32 bits per heavy atom. The first-order valence-corrected chi connectivity index (χ1v) is 6.99. The smallest absolute Gasteiger partial charge is 0.161 e. The first kappa shape index (κ1) is 12.5. The molecule has 2 aliphatic rings. The van der Waals surface area contributed by atoms with Crippen LogP contribution in [0.15, 0.2) is 12.1 Å². The summed E-state index contributed by atoms with van der Waals surface area (Å²) in [7, 11) is 0. The molecule has 2 unspecified atom stereocenters. The molecule has 2 aliphatic carbocycles. The van der Waals surface area contributed by atoms with E-state index in [0.717, 1.165) is 24.0 Å². The molecular formula is C16H20O3. The second kappa shape index (κ2) is 3.99. The average molecular weight is 260 g/mol. The van der Waals surface area contributed by atoms with Crippen molar-refractivity contribution >= 4 is 5.78 Å². The van der Waals surface area contributed by atoms with Crippen molar-refractivity contribution < 1.29 is 15.0 Å². The molecule has 1 saturated carbocycles. The van der Waals surface area contributed by atoms with Gasteiger partial charge in [-0.1, -0.05) is 19.9 Å². The first-order valence-electron chi connectivity index (χ1n) is 6.99. The minimum Gasteiger partial charge on any atom is -0.504 e. The summed E-state index contributed by atoms with van der Waals surface area (Å²) in [5, 5.41) is 20.0. The molecule has 3 nitrogen and oxygen atoms in total. The first-order chi connectivity index (χ1) is 8.93. The van der Waals surface area contributed by atoms with E-state index in [1.807, 2.05) is 6.07 Å². The number of ketones is 1. The lowest BCUT2D eigenvalue weighted by Crippen LogP contribution is -2.46. The Labute approximate surface area is 113 Å². The van der Waals surface area contributed by atoms with Crippen molar-refractivity contribution in [3.63, 3.8) is 0 Å². The third-order valence-corrected chi connectivity index (χ3v) is 5.16. The van der Waals surface area contributed by atoms with Crippen LogP contribution in [0.5, 0.6) is 11.5 Å². The van der Waals surface area contributed by atoms with Crippen molar-refractivity contribution in [2.45, 2.75) is 44.9 Å². The van der Waals surface area contributed by atoms with Gasteiger partial charge in [0.1, 0.15) is 5.78 Å². The van der Waals surface area contributed by atoms with E-state index in [0.29, 0.717) is 24.7 Å². The zero-order valence-corrected chi connectivity index (χ0v) is 11.4. The van der Waals surface area contributed by atoms with Crippen molar-refractivity contribution in [3.8, 4) is 11.5 Å². The zero-order chi connectivity index (χ0) is 13.8. The van der Waals surface area contributed by atoms with Crippen LogP contribution < -0.4 is 0 Å². The van der Waals surface area contributed by atoms with E-state index >= 15 is 0 Å². The predicted molar refractivity (Wildman–Crippen MR) is 72.3 cm³/mol. The Bertz CT molecular complexity index is 549. The Hall–Kier alpha value is -1.51. The molecule has 0 bridgehead atoms. The zero-order valence-electron chi connectivity index (χ0n) is 11.4. The van der Waals surface area contributed by atoms with Gasteiger partial charge in [0, 0.05) is 23.8 Å². The second-order valence-electron chi connectivity index (χ2n) is 6.43. The number of phenolic OH excluding ortho intramolecular Hbond substituents is 2. The number of benzene rings is 1. The fourth-order valence-corrected chi connectivity index (χ4v) is 4.37. The van der Waals surface area contributed by atoms with Crippen LogP contribution in [0.2, 0.25) is 0 Å². The molecule has 0 heterocycles. The Balaban J connectivity index is 2.22. The van der Waals surface area contributed by atoms with Crippen LogP contribution in [0.3, 0.4) is 0 Å². The SMILES string of the molecule is C[C@@H]1Cc2ccc(O)c(O)c2C2(C)CC(=O)CCC12. The highest BCUT2D eigenvalue weighted by Crippen LogP contribution is 2.55. The topological polar surface area (TPSA) is 57.5 Å². The summed E-state index contributed by atoms with van der Waals surface area (Å²) in [6.45, 7) is 4.30. The van der Waals surface area contributed by atoms with Gasteiger partial charge in [-0.2, -0.15) is 0 Å². The molecule has 1 aromatic rings. The van der Waals surface area contributed by atoms with E-state index in [9.17, 15) is 15.0 Å². The van der Waals surface area contributed by atoms with Gasteiger partial charge in [0.05, 0.1) is 0 Å².